The highest BCUT2D eigenvalue weighted by molar-refractivity contribution is 5.80. The van der Waals surface area contributed by atoms with Gasteiger partial charge in [-0.2, -0.15) is 0 Å². The molecule has 1 heterocycles. The molecule has 90 valence electrons. The molecule has 16 heavy (non-hydrogen) atoms. The third-order valence-electron chi connectivity index (χ3n) is 3.88. The minimum Gasteiger partial charge on any atom is -0.481 e. The SMILES string of the molecule is O=C(O)C1CCC(=O)N(CCC2CCC2)C1. The van der Waals surface area contributed by atoms with Crippen LogP contribution in [0.15, 0.2) is 0 Å². The van der Waals surface area contributed by atoms with E-state index in [1.807, 2.05) is 0 Å². The van der Waals surface area contributed by atoms with Gasteiger partial charge in [-0.1, -0.05) is 19.3 Å². The second-order valence-electron chi connectivity index (χ2n) is 5.00. The number of carbonyl (C=O) groups is 2. The van der Waals surface area contributed by atoms with Gasteiger partial charge in [-0.15, -0.1) is 0 Å². The van der Waals surface area contributed by atoms with E-state index in [1.165, 1.54) is 19.3 Å². The zero-order valence-electron chi connectivity index (χ0n) is 9.52. The number of carboxylic acid groups (broad SMARTS) is 1. The lowest BCUT2D eigenvalue weighted by Gasteiger charge is -2.33. The van der Waals surface area contributed by atoms with Gasteiger partial charge in [0.05, 0.1) is 5.92 Å². The van der Waals surface area contributed by atoms with E-state index in [0.29, 0.717) is 19.4 Å². The Bertz CT molecular complexity index is 286. The van der Waals surface area contributed by atoms with Crippen molar-refractivity contribution in [3.05, 3.63) is 0 Å². The molecular weight excluding hydrogens is 206 g/mol. The first kappa shape index (κ1) is 11.4. The molecule has 1 atom stereocenters. The smallest absolute Gasteiger partial charge is 0.308 e. The Morgan fingerprint density at radius 1 is 1.38 bits per heavy atom. The fourth-order valence-electron chi connectivity index (χ4n) is 2.45. The number of hydrogen-bond donors (Lipinski definition) is 1. The molecule has 0 aromatic heterocycles. The van der Waals surface area contributed by atoms with E-state index < -0.39 is 5.97 Å². The van der Waals surface area contributed by atoms with E-state index in [2.05, 4.69) is 0 Å². The number of aliphatic carboxylic acids is 1. The van der Waals surface area contributed by atoms with Gasteiger partial charge in [0.1, 0.15) is 0 Å². The number of hydrogen-bond acceptors (Lipinski definition) is 2. The summed E-state index contributed by atoms with van der Waals surface area (Å²) in [5, 5.41) is 8.94. The molecule has 0 spiro atoms. The van der Waals surface area contributed by atoms with Crippen molar-refractivity contribution in [2.75, 3.05) is 13.1 Å². The Morgan fingerprint density at radius 2 is 2.12 bits per heavy atom. The lowest BCUT2D eigenvalue weighted by atomic mass is 9.82. The van der Waals surface area contributed by atoms with Crippen LogP contribution >= 0.6 is 0 Å². The Hall–Kier alpha value is -1.06. The third kappa shape index (κ3) is 2.54. The van der Waals surface area contributed by atoms with Crippen molar-refractivity contribution in [1.29, 1.82) is 0 Å². The Balaban J connectivity index is 1.80. The molecule has 4 heteroatoms. The predicted molar refractivity (Wildman–Crippen MR) is 58.9 cm³/mol. The summed E-state index contributed by atoms with van der Waals surface area (Å²) in [5.74, 6) is -0.199. The third-order valence-corrected chi connectivity index (χ3v) is 3.88. The largest absolute Gasteiger partial charge is 0.481 e. The topological polar surface area (TPSA) is 57.6 Å². The lowest BCUT2D eigenvalue weighted by Crippen LogP contribution is -2.43. The first-order valence-corrected chi connectivity index (χ1v) is 6.17. The summed E-state index contributed by atoms with van der Waals surface area (Å²) >= 11 is 0. The lowest BCUT2D eigenvalue weighted by molar-refractivity contribution is -0.147. The maximum Gasteiger partial charge on any atom is 0.308 e. The molecule has 2 fully saturated rings. The molecule has 1 N–H and O–H groups in total. The summed E-state index contributed by atoms with van der Waals surface area (Å²) in [6.07, 6.45) is 5.85. The maximum absolute atomic E-state index is 11.6. The van der Waals surface area contributed by atoms with E-state index in [9.17, 15) is 9.59 Å². The Morgan fingerprint density at radius 3 is 2.69 bits per heavy atom. The molecule has 0 bridgehead atoms. The van der Waals surface area contributed by atoms with Crippen LogP contribution in [0.4, 0.5) is 0 Å². The zero-order chi connectivity index (χ0) is 11.5. The minimum atomic E-state index is -0.763. The van der Waals surface area contributed by atoms with E-state index in [4.69, 9.17) is 5.11 Å². The number of piperidine rings is 1. The summed E-state index contributed by atoms with van der Waals surface area (Å²) in [7, 11) is 0. The predicted octanol–water partition coefficient (Wildman–Crippen LogP) is 1.50. The van der Waals surface area contributed by atoms with Gasteiger partial charge in [0.2, 0.25) is 5.91 Å². The fraction of sp³-hybridized carbons (Fsp3) is 0.833. The number of likely N-dealkylation sites (tertiary alicyclic amines) is 1. The Labute approximate surface area is 95.6 Å². The maximum atomic E-state index is 11.6. The number of nitrogens with zero attached hydrogens (tertiary/aromatic N) is 1. The Kier molecular flexibility index (Phi) is 3.46. The van der Waals surface area contributed by atoms with Gasteiger partial charge in [0.25, 0.3) is 0 Å². The molecule has 1 aliphatic heterocycles. The van der Waals surface area contributed by atoms with Crippen LogP contribution in [0.25, 0.3) is 0 Å². The highest BCUT2D eigenvalue weighted by Crippen LogP contribution is 2.30. The van der Waals surface area contributed by atoms with Gasteiger partial charge < -0.3 is 10.0 Å². The van der Waals surface area contributed by atoms with Crippen LogP contribution in [0.3, 0.4) is 0 Å². The molecular formula is C12H19NO3. The quantitative estimate of drug-likeness (QED) is 0.788. The summed E-state index contributed by atoms with van der Waals surface area (Å²) in [6, 6.07) is 0. The monoisotopic (exact) mass is 225 g/mol. The number of amides is 1. The normalized spacial score (nSPS) is 26.6. The first-order valence-electron chi connectivity index (χ1n) is 6.17. The molecule has 1 unspecified atom stereocenters. The average molecular weight is 225 g/mol. The van der Waals surface area contributed by atoms with E-state index in [-0.39, 0.29) is 11.8 Å². The standard InChI is InChI=1S/C12H19NO3/c14-11-5-4-10(12(15)16)8-13(11)7-6-9-2-1-3-9/h9-10H,1-8H2,(H,15,16). The zero-order valence-corrected chi connectivity index (χ0v) is 9.52. The van der Waals surface area contributed by atoms with Crippen molar-refractivity contribution >= 4 is 11.9 Å². The number of carbonyl (C=O) groups excluding carboxylic acids is 1. The van der Waals surface area contributed by atoms with Crippen molar-refractivity contribution in [2.45, 2.75) is 38.5 Å². The molecule has 4 nitrogen and oxygen atoms in total. The summed E-state index contributed by atoms with van der Waals surface area (Å²) in [4.78, 5) is 24.2. The van der Waals surface area contributed by atoms with Crippen molar-refractivity contribution in [3.63, 3.8) is 0 Å². The molecule has 2 aliphatic rings. The summed E-state index contributed by atoms with van der Waals surface area (Å²) < 4.78 is 0. The van der Waals surface area contributed by atoms with Crippen LogP contribution in [-0.4, -0.2) is 35.0 Å². The first-order chi connectivity index (χ1) is 7.66. The van der Waals surface area contributed by atoms with Gasteiger partial charge in [-0.05, 0) is 18.8 Å². The van der Waals surface area contributed by atoms with Crippen LogP contribution in [0, 0.1) is 11.8 Å². The van der Waals surface area contributed by atoms with Crippen molar-refractivity contribution in [1.82, 2.24) is 4.90 Å². The van der Waals surface area contributed by atoms with Gasteiger partial charge in [0, 0.05) is 19.5 Å². The van der Waals surface area contributed by atoms with Crippen molar-refractivity contribution in [3.8, 4) is 0 Å². The molecule has 1 amide bonds. The van der Waals surface area contributed by atoms with Gasteiger partial charge >= 0.3 is 5.97 Å². The van der Waals surface area contributed by atoms with Gasteiger partial charge in [-0.25, -0.2) is 0 Å². The second-order valence-corrected chi connectivity index (χ2v) is 5.00. The summed E-state index contributed by atoms with van der Waals surface area (Å²) in [6.45, 7) is 1.17. The van der Waals surface area contributed by atoms with Crippen LogP contribution < -0.4 is 0 Å². The van der Waals surface area contributed by atoms with Gasteiger partial charge in [-0.3, -0.25) is 9.59 Å². The molecule has 1 aliphatic carbocycles. The average Bonchev–Trinajstić information content (AvgIpc) is 2.18. The molecule has 0 aromatic rings. The number of carboxylic acids is 1. The van der Waals surface area contributed by atoms with Gasteiger partial charge in [0.15, 0.2) is 0 Å². The van der Waals surface area contributed by atoms with Crippen LogP contribution in [0.1, 0.15) is 38.5 Å². The van der Waals surface area contributed by atoms with E-state index in [1.54, 1.807) is 4.90 Å². The summed E-state index contributed by atoms with van der Waals surface area (Å²) in [5.41, 5.74) is 0. The van der Waals surface area contributed by atoms with Crippen LogP contribution in [-0.2, 0) is 9.59 Å². The molecule has 0 aromatic carbocycles. The molecule has 1 saturated heterocycles. The van der Waals surface area contributed by atoms with Crippen LogP contribution in [0.5, 0.6) is 0 Å². The number of rotatable bonds is 4. The molecule has 0 radical (unpaired) electrons. The van der Waals surface area contributed by atoms with E-state index >= 15 is 0 Å². The molecule has 1 saturated carbocycles. The van der Waals surface area contributed by atoms with E-state index in [0.717, 1.165) is 18.9 Å². The van der Waals surface area contributed by atoms with Crippen LogP contribution in [0.2, 0.25) is 0 Å². The minimum absolute atomic E-state index is 0.136. The molecule has 2 rings (SSSR count). The van der Waals surface area contributed by atoms with Crippen molar-refractivity contribution < 1.29 is 14.7 Å². The fourth-order valence-corrected chi connectivity index (χ4v) is 2.45. The highest BCUT2D eigenvalue weighted by Gasteiger charge is 2.30. The van der Waals surface area contributed by atoms with Crippen molar-refractivity contribution in [2.24, 2.45) is 11.8 Å². The second kappa shape index (κ2) is 4.85. The highest BCUT2D eigenvalue weighted by atomic mass is 16.4.